The van der Waals surface area contributed by atoms with E-state index < -0.39 is 12.1 Å². The fourth-order valence-corrected chi connectivity index (χ4v) is 6.01. The Balaban J connectivity index is 1.31. The highest BCUT2D eigenvalue weighted by atomic mass is 16.5. The predicted octanol–water partition coefficient (Wildman–Crippen LogP) is 4.00. The Morgan fingerprint density at radius 3 is 2.67 bits per heavy atom. The number of carbonyl (C=O) groups is 1. The number of nitrogens with one attached hydrogen (secondary N) is 2. The molecule has 3 aromatic rings. The van der Waals surface area contributed by atoms with Crippen LogP contribution in [0.5, 0.6) is 5.75 Å². The normalized spacial score (nSPS) is 21.0. The Bertz CT molecular complexity index is 1210. The number of aromatic amines is 1. The topological polar surface area (TPSA) is 90.5 Å². The molecule has 7 heteroatoms. The number of piperidine rings is 1. The molecule has 5 rings (SSSR count). The summed E-state index contributed by atoms with van der Waals surface area (Å²) >= 11 is 0. The predicted molar refractivity (Wildman–Crippen MR) is 139 cm³/mol. The molecule has 2 heterocycles. The van der Waals surface area contributed by atoms with Gasteiger partial charge in [-0.25, -0.2) is 0 Å². The lowest BCUT2D eigenvalue weighted by Gasteiger charge is -2.42. The molecule has 1 saturated heterocycles. The van der Waals surface area contributed by atoms with Gasteiger partial charge in [-0.3, -0.25) is 14.8 Å². The Labute approximate surface area is 212 Å². The van der Waals surface area contributed by atoms with Crippen molar-refractivity contribution in [2.75, 3.05) is 20.2 Å². The van der Waals surface area contributed by atoms with Crippen LogP contribution in [0.4, 0.5) is 0 Å². The number of benzene rings is 2. The fourth-order valence-electron chi connectivity index (χ4n) is 6.01. The molecule has 0 saturated carbocycles. The van der Waals surface area contributed by atoms with Crippen LogP contribution in [-0.4, -0.2) is 52.4 Å². The van der Waals surface area contributed by atoms with E-state index in [2.05, 4.69) is 46.4 Å². The van der Waals surface area contributed by atoms with Crippen molar-refractivity contribution in [3.63, 3.8) is 0 Å². The number of aliphatic hydroxyl groups is 1. The lowest BCUT2D eigenvalue weighted by molar-refractivity contribution is 0.0190. The zero-order valence-corrected chi connectivity index (χ0v) is 21.3. The zero-order chi connectivity index (χ0) is 25.3. The van der Waals surface area contributed by atoms with Gasteiger partial charge in [0.2, 0.25) is 0 Å². The smallest absolute Gasteiger partial charge is 0.255 e. The van der Waals surface area contributed by atoms with Gasteiger partial charge in [0.15, 0.2) is 0 Å². The van der Waals surface area contributed by atoms with Crippen LogP contribution in [0.2, 0.25) is 0 Å². The second-order valence-electron chi connectivity index (χ2n) is 10.6. The number of methoxy groups -OCH3 is 1. The first-order valence-corrected chi connectivity index (χ1v) is 12.9. The first-order chi connectivity index (χ1) is 17.4. The van der Waals surface area contributed by atoms with Crippen molar-refractivity contribution in [2.24, 2.45) is 5.92 Å². The van der Waals surface area contributed by atoms with Crippen molar-refractivity contribution >= 4 is 5.91 Å². The molecule has 1 amide bonds. The van der Waals surface area contributed by atoms with Crippen LogP contribution < -0.4 is 10.1 Å². The molecule has 2 aliphatic rings. The maximum absolute atomic E-state index is 13.2. The van der Waals surface area contributed by atoms with Crippen LogP contribution in [0.1, 0.15) is 65.6 Å². The maximum atomic E-state index is 13.2. The molecular formula is C29H36N4O3. The third-order valence-electron chi connectivity index (χ3n) is 7.80. The summed E-state index contributed by atoms with van der Waals surface area (Å²) in [6, 6.07) is 17.1. The molecule has 0 unspecified atom stereocenters. The average Bonchev–Trinajstić information content (AvgIpc) is 3.41. The molecule has 1 fully saturated rings. The van der Waals surface area contributed by atoms with E-state index in [4.69, 9.17) is 4.74 Å². The number of para-hydroxylation sites is 1. The fraction of sp³-hybridized carbons (Fsp3) is 0.448. The second-order valence-corrected chi connectivity index (χ2v) is 10.6. The van der Waals surface area contributed by atoms with Crippen molar-refractivity contribution in [1.29, 1.82) is 0 Å². The maximum Gasteiger partial charge on any atom is 0.255 e. The van der Waals surface area contributed by atoms with E-state index in [1.807, 2.05) is 30.3 Å². The standard InChI is InChI=1S/C29H36N4O3/c1-19(2)16-20-17-21(32-31-20)18-33-14-12-29(13-15-33)24-10-6-4-8-22(24)26(27(29)34)30-28(35)23-9-5-7-11-25(23)36-3/h4-11,17,19,26-27,34H,12-16,18H2,1-3H3,(H,30,35)(H,31,32)/t26-,27+/m1/s1. The van der Waals surface area contributed by atoms with Gasteiger partial charge in [-0.15, -0.1) is 0 Å². The van der Waals surface area contributed by atoms with Gasteiger partial charge >= 0.3 is 0 Å². The molecule has 1 aromatic heterocycles. The second kappa shape index (κ2) is 10.1. The van der Waals surface area contributed by atoms with Crippen molar-refractivity contribution in [3.8, 4) is 5.75 Å². The third kappa shape index (κ3) is 4.53. The molecule has 190 valence electrons. The first-order valence-electron chi connectivity index (χ1n) is 12.9. The number of aromatic nitrogens is 2. The monoisotopic (exact) mass is 488 g/mol. The van der Waals surface area contributed by atoms with Crippen LogP contribution in [-0.2, 0) is 18.4 Å². The Morgan fingerprint density at radius 1 is 1.19 bits per heavy atom. The molecule has 3 N–H and O–H groups in total. The van der Waals surface area contributed by atoms with Gasteiger partial charge in [0, 0.05) is 17.7 Å². The van der Waals surface area contributed by atoms with E-state index in [-0.39, 0.29) is 11.3 Å². The minimum atomic E-state index is -0.694. The average molecular weight is 489 g/mol. The number of amides is 1. The first kappa shape index (κ1) is 24.5. The van der Waals surface area contributed by atoms with Crippen LogP contribution in [0.25, 0.3) is 0 Å². The largest absolute Gasteiger partial charge is 0.496 e. The summed E-state index contributed by atoms with van der Waals surface area (Å²) in [5.74, 6) is 0.864. The summed E-state index contributed by atoms with van der Waals surface area (Å²) in [5.41, 5.74) is 4.51. The molecule has 2 aromatic carbocycles. The van der Waals surface area contributed by atoms with Crippen molar-refractivity contribution < 1.29 is 14.6 Å². The molecular weight excluding hydrogens is 452 g/mol. The summed E-state index contributed by atoms with van der Waals surface area (Å²) in [4.78, 5) is 15.6. The number of hydrogen-bond acceptors (Lipinski definition) is 5. The minimum Gasteiger partial charge on any atom is -0.496 e. The van der Waals surface area contributed by atoms with Gasteiger partial charge in [0.1, 0.15) is 5.75 Å². The van der Waals surface area contributed by atoms with E-state index in [0.29, 0.717) is 17.2 Å². The quantitative estimate of drug-likeness (QED) is 0.468. The number of ether oxygens (including phenoxy) is 1. The number of rotatable bonds is 7. The van der Waals surface area contributed by atoms with Crippen molar-refractivity contribution in [2.45, 2.75) is 57.2 Å². The third-order valence-corrected chi connectivity index (χ3v) is 7.80. The number of likely N-dealkylation sites (tertiary alicyclic amines) is 1. The van der Waals surface area contributed by atoms with Gasteiger partial charge in [0.25, 0.3) is 5.91 Å². The number of fused-ring (bicyclic) bond motifs is 2. The molecule has 0 radical (unpaired) electrons. The summed E-state index contributed by atoms with van der Waals surface area (Å²) in [6.07, 6.45) is 1.95. The minimum absolute atomic E-state index is 0.239. The number of carbonyl (C=O) groups excluding carboxylic acids is 1. The Morgan fingerprint density at radius 2 is 1.92 bits per heavy atom. The van der Waals surface area contributed by atoms with Gasteiger partial charge in [-0.05, 0) is 67.6 Å². The Kier molecular flexibility index (Phi) is 6.86. The highest BCUT2D eigenvalue weighted by molar-refractivity contribution is 5.97. The Hall–Kier alpha value is -3.16. The zero-order valence-electron chi connectivity index (χ0n) is 21.3. The number of aliphatic hydroxyl groups excluding tert-OH is 1. The highest BCUT2D eigenvalue weighted by Crippen LogP contribution is 2.51. The van der Waals surface area contributed by atoms with Crippen molar-refractivity contribution in [1.82, 2.24) is 20.4 Å². The number of hydrogen-bond donors (Lipinski definition) is 3. The summed E-state index contributed by atoms with van der Waals surface area (Å²) < 4.78 is 5.38. The molecule has 1 aliphatic heterocycles. The summed E-state index contributed by atoms with van der Waals surface area (Å²) in [6.45, 7) is 6.98. The van der Waals surface area contributed by atoms with Gasteiger partial charge in [-0.1, -0.05) is 50.2 Å². The number of H-pyrrole nitrogens is 1. The molecule has 1 aliphatic carbocycles. The van der Waals surface area contributed by atoms with E-state index in [0.717, 1.165) is 61.4 Å². The highest BCUT2D eigenvalue weighted by Gasteiger charge is 2.53. The molecule has 0 bridgehead atoms. The number of nitrogens with zero attached hydrogens (tertiary/aromatic N) is 2. The van der Waals surface area contributed by atoms with Crippen molar-refractivity contribution in [3.05, 3.63) is 82.7 Å². The molecule has 1 spiro atoms. The SMILES string of the molecule is COc1ccccc1C(=O)N[C@@H]1c2ccccc2C2(CCN(Cc3cc(CC(C)C)n[nH]3)CC2)[C@H]1O. The van der Waals surface area contributed by atoms with Gasteiger partial charge in [-0.2, -0.15) is 5.10 Å². The van der Waals surface area contributed by atoms with Crippen LogP contribution in [0.3, 0.4) is 0 Å². The van der Waals surface area contributed by atoms with E-state index in [9.17, 15) is 9.90 Å². The van der Waals surface area contributed by atoms with Crippen LogP contribution >= 0.6 is 0 Å². The molecule has 2 atom stereocenters. The lowest BCUT2D eigenvalue weighted by Crippen LogP contribution is -2.49. The van der Waals surface area contributed by atoms with E-state index in [1.54, 1.807) is 19.2 Å². The molecule has 7 nitrogen and oxygen atoms in total. The van der Waals surface area contributed by atoms with Crippen LogP contribution in [0.15, 0.2) is 54.6 Å². The van der Waals surface area contributed by atoms with Gasteiger partial charge in [0.05, 0.1) is 30.5 Å². The lowest BCUT2D eigenvalue weighted by atomic mass is 9.72. The van der Waals surface area contributed by atoms with E-state index in [1.165, 1.54) is 0 Å². The van der Waals surface area contributed by atoms with Crippen LogP contribution in [0, 0.1) is 5.92 Å². The molecule has 36 heavy (non-hydrogen) atoms. The van der Waals surface area contributed by atoms with E-state index >= 15 is 0 Å². The summed E-state index contributed by atoms with van der Waals surface area (Å²) in [5, 5.41) is 22.5. The van der Waals surface area contributed by atoms with Gasteiger partial charge < -0.3 is 15.2 Å². The summed E-state index contributed by atoms with van der Waals surface area (Å²) in [7, 11) is 1.56.